The molecule has 0 aromatic heterocycles. The van der Waals surface area contributed by atoms with Crippen molar-refractivity contribution in [1.82, 2.24) is 37.2 Å². The number of aliphatic hydroxyl groups is 1. The van der Waals surface area contributed by atoms with Crippen LogP contribution in [0, 0.1) is 18.3 Å². The molecule has 396 valence electrons. The first-order valence-corrected chi connectivity index (χ1v) is 23.9. The third-order valence-corrected chi connectivity index (χ3v) is 11.5. The molecule has 3 rings (SSSR count). The largest absolute Gasteiger partial charge is 0.481 e. The van der Waals surface area contributed by atoms with Crippen molar-refractivity contribution in [2.45, 2.75) is 142 Å². The van der Waals surface area contributed by atoms with Gasteiger partial charge in [-0.25, -0.2) is 0 Å². The van der Waals surface area contributed by atoms with E-state index in [2.05, 4.69) is 37.2 Å². The summed E-state index contributed by atoms with van der Waals surface area (Å²) in [4.78, 5) is 131. The van der Waals surface area contributed by atoms with E-state index in [1.54, 1.807) is 107 Å². The lowest BCUT2D eigenvalue weighted by atomic mass is 9.85. The second kappa shape index (κ2) is 29.0. The molecule has 3 aromatic rings. The molecule has 0 fully saturated rings. The lowest BCUT2D eigenvalue weighted by molar-refractivity contribution is -0.142. The molecule has 0 aliphatic carbocycles. The molecule has 0 saturated carbocycles. The molecule has 0 radical (unpaired) electrons. The summed E-state index contributed by atoms with van der Waals surface area (Å²) < 4.78 is 0. The molecule has 21 heteroatoms. The Morgan fingerprint density at radius 2 is 1.04 bits per heavy atom. The minimum atomic E-state index is -1.82. The number of amides is 7. The van der Waals surface area contributed by atoms with Gasteiger partial charge in [0.15, 0.2) is 6.10 Å². The maximum Gasteiger partial charge on any atom is 0.305 e. The number of carbonyl (C=O) groups is 10. The Morgan fingerprint density at radius 3 is 1.60 bits per heavy atom. The van der Waals surface area contributed by atoms with Gasteiger partial charge in [-0.1, -0.05) is 120 Å². The normalized spacial score (nSPS) is 14.1. The van der Waals surface area contributed by atoms with Crippen molar-refractivity contribution < 1.29 is 68.4 Å². The van der Waals surface area contributed by atoms with Crippen LogP contribution in [-0.2, 0) is 67.3 Å². The molecular formula is C52H69N7O14. The quantitative estimate of drug-likeness (QED) is 0.0472. The number of aryl methyl sites for hydroxylation is 1. The highest BCUT2D eigenvalue weighted by atomic mass is 16.4. The number of carboxylic acid groups (broad SMARTS) is 3. The van der Waals surface area contributed by atoms with Crippen LogP contribution in [0.5, 0.6) is 0 Å². The summed E-state index contributed by atoms with van der Waals surface area (Å²) in [5, 5.41) is 57.3. The van der Waals surface area contributed by atoms with Crippen LogP contribution in [-0.4, -0.2) is 122 Å². The summed E-state index contributed by atoms with van der Waals surface area (Å²) >= 11 is 0. The zero-order chi connectivity index (χ0) is 54.4. The summed E-state index contributed by atoms with van der Waals surface area (Å²) in [7, 11) is 0. The van der Waals surface area contributed by atoms with Crippen molar-refractivity contribution in [3.8, 4) is 0 Å². The molecule has 11 N–H and O–H groups in total. The number of rotatable bonds is 29. The Labute approximate surface area is 424 Å². The molecule has 7 atom stereocenters. The van der Waals surface area contributed by atoms with E-state index in [1.165, 1.54) is 0 Å². The summed E-state index contributed by atoms with van der Waals surface area (Å²) in [5.74, 6) is -10.9. The van der Waals surface area contributed by atoms with E-state index in [-0.39, 0.29) is 31.7 Å². The average molecular weight is 1020 g/mol. The number of aliphatic carboxylic acids is 3. The smallest absolute Gasteiger partial charge is 0.305 e. The Bertz CT molecular complexity index is 2390. The predicted octanol–water partition coefficient (Wildman–Crippen LogP) is 1.66. The van der Waals surface area contributed by atoms with Crippen LogP contribution in [0.15, 0.2) is 84.9 Å². The molecule has 21 nitrogen and oxygen atoms in total. The zero-order valence-corrected chi connectivity index (χ0v) is 41.9. The van der Waals surface area contributed by atoms with Crippen molar-refractivity contribution in [3.63, 3.8) is 0 Å². The monoisotopic (exact) mass is 1020 g/mol. The highest BCUT2D eigenvalue weighted by molar-refractivity contribution is 5.98. The van der Waals surface area contributed by atoms with Gasteiger partial charge in [-0.2, -0.15) is 0 Å². The van der Waals surface area contributed by atoms with Gasteiger partial charge in [0.25, 0.3) is 5.91 Å². The van der Waals surface area contributed by atoms with E-state index in [1.807, 2.05) is 19.9 Å². The van der Waals surface area contributed by atoms with Crippen molar-refractivity contribution in [3.05, 3.63) is 107 Å². The Hall–Kier alpha value is -7.68. The fraction of sp³-hybridized carbons (Fsp3) is 0.462. The number of nitrogens with one attached hydrogen (secondary N) is 7. The van der Waals surface area contributed by atoms with Gasteiger partial charge in [0.2, 0.25) is 35.4 Å². The van der Waals surface area contributed by atoms with Gasteiger partial charge >= 0.3 is 17.9 Å². The second-order valence-electron chi connectivity index (χ2n) is 19.2. The number of hydrogen-bond acceptors (Lipinski definition) is 11. The minimum absolute atomic E-state index is 0.0401. The summed E-state index contributed by atoms with van der Waals surface area (Å²) in [6.45, 7) is 10.4. The predicted molar refractivity (Wildman–Crippen MR) is 266 cm³/mol. The number of hydrogen-bond donors (Lipinski definition) is 11. The summed E-state index contributed by atoms with van der Waals surface area (Å²) in [6.07, 6.45) is -5.26. The van der Waals surface area contributed by atoms with Gasteiger partial charge in [0.1, 0.15) is 30.2 Å². The van der Waals surface area contributed by atoms with Gasteiger partial charge in [-0.15, -0.1) is 0 Å². The minimum Gasteiger partial charge on any atom is -0.481 e. The molecule has 73 heavy (non-hydrogen) atoms. The third-order valence-electron chi connectivity index (χ3n) is 11.5. The molecule has 0 saturated heterocycles. The van der Waals surface area contributed by atoms with Crippen LogP contribution in [0.3, 0.4) is 0 Å². The van der Waals surface area contributed by atoms with Crippen LogP contribution < -0.4 is 37.2 Å². The number of aliphatic hydroxyl groups excluding tert-OH is 1. The first-order chi connectivity index (χ1) is 34.3. The van der Waals surface area contributed by atoms with Crippen LogP contribution >= 0.6 is 0 Å². The fourth-order valence-corrected chi connectivity index (χ4v) is 7.56. The lowest BCUT2D eigenvalue weighted by Crippen LogP contribution is -2.62. The van der Waals surface area contributed by atoms with Gasteiger partial charge in [-0.3, -0.25) is 47.9 Å². The van der Waals surface area contributed by atoms with Crippen molar-refractivity contribution in [2.75, 3.05) is 0 Å². The molecule has 0 heterocycles. The second-order valence-corrected chi connectivity index (χ2v) is 19.2. The maximum atomic E-state index is 14.5. The SMILES string of the molecule is Cc1ccccc1C[C@H](NC(=O)[C@H](CCC(=O)O)NC(=O)[C@H](CC(=O)O)NC(=O)CCC(=O)O)C(=O)N[C@H](C(=O)N[C@@H](CC(C)C)C(=O)N[C@@H](Cc1ccccc1)C(O)C(=O)NCc1ccccc1)C(C)(C)C. The number of carboxylic acids is 3. The van der Waals surface area contributed by atoms with Crippen molar-refractivity contribution >= 4 is 59.3 Å². The molecule has 3 aromatic carbocycles. The molecule has 0 bridgehead atoms. The maximum absolute atomic E-state index is 14.5. The van der Waals surface area contributed by atoms with E-state index >= 15 is 0 Å². The molecule has 0 aliphatic heterocycles. The van der Waals surface area contributed by atoms with Crippen molar-refractivity contribution in [1.29, 1.82) is 0 Å². The molecule has 0 spiro atoms. The van der Waals surface area contributed by atoms with Gasteiger partial charge in [-0.05, 0) is 59.8 Å². The Balaban J connectivity index is 1.94. The van der Waals surface area contributed by atoms with Crippen LogP contribution in [0.4, 0.5) is 0 Å². The highest BCUT2D eigenvalue weighted by Crippen LogP contribution is 2.22. The van der Waals surface area contributed by atoms with E-state index < -0.39 is 139 Å². The van der Waals surface area contributed by atoms with E-state index in [4.69, 9.17) is 5.11 Å². The van der Waals surface area contributed by atoms with Gasteiger partial charge in [0.05, 0.1) is 18.9 Å². The number of carbonyl (C=O) groups excluding carboxylic acids is 7. The first kappa shape index (κ1) is 59.6. The molecule has 1 unspecified atom stereocenters. The Morgan fingerprint density at radius 1 is 0.521 bits per heavy atom. The molecule has 7 amide bonds. The van der Waals surface area contributed by atoms with E-state index in [0.29, 0.717) is 16.7 Å². The fourth-order valence-electron chi connectivity index (χ4n) is 7.56. The molecule has 0 aliphatic rings. The topological polar surface area (TPSA) is 336 Å². The lowest BCUT2D eigenvalue weighted by Gasteiger charge is -2.34. The standard InChI is InChI=1S/C52H69N7O14/c1-30(2)25-37(47(69)56-36(26-32-16-9-7-10-17-32)44(67)50(72)53-29-33-18-11-8-12-19-33)58-51(73)45(52(4,5)6)59-49(71)38(27-34-20-14-13-15-31(34)3)57-46(68)35(21-23-41(61)62)55-48(70)39(28-43(65)66)54-40(60)22-24-42(63)64/h7-20,30,35-39,44-45,67H,21-29H2,1-6H3,(H,53,72)(H,54,60)(H,55,70)(H,56,69)(H,57,68)(H,58,73)(H,59,71)(H,61,62)(H,63,64)(H,65,66)/t35-,36-,37-,38-,39-,44?,45+/m0/s1. The van der Waals surface area contributed by atoms with E-state index in [9.17, 15) is 63.3 Å². The summed E-state index contributed by atoms with van der Waals surface area (Å²) in [6, 6.07) is 15.9. The zero-order valence-electron chi connectivity index (χ0n) is 41.9. The van der Waals surface area contributed by atoms with Gasteiger partial charge < -0.3 is 57.6 Å². The Kier molecular flexibility index (Phi) is 23.7. The van der Waals surface area contributed by atoms with Crippen LogP contribution in [0.1, 0.15) is 95.4 Å². The van der Waals surface area contributed by atoms with E-state index in [0.717, 1.165) is 5.56 Å². The summed E-state index contributed by atoms with van der Waals surface area (Å²) in [5.41, 5.74) is 1.70. The van der Waals surface area contributed by atoms with Gasteiger partial charge in [0, 0.05) is 25.8 Å². The highest BCUT2D eigenvalue weighted by Gasteiger charge is 2.39. The van der Waals surface area contributed by atoms with Crippen molar-refractivity contribution in [2.24, 2.45) is 11.3 Å². The average Bonchev–Trinajstić information content (AvgIpc) is 3.32. The third kappa shape index (κ3) is 21.3. The molecular weight excluding hydrogens is 947 g/mol. The van der Waals surface area contributed by atoms with Crippen LogP contribution in [0.2, 0.25) is 0 Å². The first-order valence-electron chi connectivity index (χ1n) is 23.9. The van der Waals surface area contributed by atoms with Crippen LogP contribution in [0.25, 0.3) is 0 Å². The number of benzene rings is 3.